The normalized spacial score (nSPS) is 11.2. The highest BCUT2D eigenvalue weighted by Gasteiger charge is 2.20. The number of aryl methyl sites for hydroxylation is 1. The van der Waals surface area contributed by atoms with Crippen molar-refractivity contribution in [3.63, 3.8) is 0 Å². The van der Waals surface area contributed by atoms with Crippen molar-refractivity contribution in [1.82, 2.24) is 0 Å². The average Bonchev–Trinajstić information content (AvgIpc) is 2.60. The summed E-state index contributed by atoms with van der Waals surface area (Å²) in [6.07, 6.45) is 3.60. The molecule has 6 heteroatoms. The molecule has 0 saturated carbocycles. The first-order valence-electron chi connectivity index (χ1n) is 8.31. The highest BCUT2D eigenvalue weighted by atomic mass is 19.2. The zero-order valence-electron chi connectivity index (χ0n) is 14.4. The van der Waals surface area contributed by atoms with Crippen molar-refractivity contribution in [2.45, 2.75) is 39.5 Å². The number of nitrogens with zero attached hydrogens (tertiary/aromatic N) is 2. The lowest BCUT2D eigenvalue weighted by molar-refractivity contribution is 0.270. The van der Waals surface area contributed by atoms with Crippen LogP contribution in [0.4, 0.5) is 24.5 Å². The Labute approximate surface area is 145 Å². The van der Waals surface area contributed by atoms with Gasteiger partial charge in [-0.05, 0) is 25.5 Å². The van der Waals surface area contributed by atoms with Gasteiger partial charge in [-0.15, -0.1) is 5.11 Å². The second kappa shape index (κ2) is 9.20. The van der Waals surface area contributed by atoms with E-state index in [1.807, 2.05) is 6.92 Å². The summed E-state index contributed by atoms with van der Waals surface area (Å²) in [4.78, 5) is 0. The van der Waals surface area contributed by atoms with E-state index in [2.05, 4.69) is 17.2 Å². The number of unbranched alkanes of at least 4 members (excludes halogenated alkanes) is 3. The van der Waals surface area contributed by atoms with Gasteiger partial charge in [0.15, 0.2) is 17.4 Å². The minimum Gasteiger partial charge on any atom is -0.488 e. The van der Waals surface area contributed by atoms with Gasteiger partial charge < -0.3 is 4.74 Å². The van der Waals surface area contributed by atoms with Gasteiger partial charge in [0.25, 0.3) is 0 Å². The summed E-state index contributed by atoms with van der Waals surface area (Å²) < 4.78 is 47.2. The van der Waals surface area contributed by atoms with Gasteiger partial charge in [0, 0.05) is 6.07 Å². The standard InChI is InChI=1S/C19H21F3N2O/c1-3-4-5-6-11-25-19-15(20)12-16(17(21)18(19)22)24-23-14-9-7-13(2)8-10-14/h7-10,12H,3-6,11H2,1-2H3. The van der Waals surface area contributed by atoms with Crippen LogP contribution in [0.2, 0.25) is 0 Å². The van der Waals surface area contributed by atoms with Crippen molar-refractivity contribution in [3.05, 3.63) is 53.3 Å². The van der Waals surface area contributed by atoms with Gasteiger partial charge in [-0.25, -0.2) is 8.78 Å². The molecule has 0 amide bonds. The Kier molecular flexibility index (Phi) is 6.98. The number of rotatable bonds is 8. The summed E-state index contributed by atoms with van der Waals surface area (Å²) in [5.41, 5.74) is 0.985. The molecule has 0 aliphatic heterocycles. The van der Waals surface area contributed by atoms with Crippen LogP contribution in [0.15, 0.2) is 40.6 Å². The monoisotopic (exact) mass is 350 g/mol. The number of azo groups is 1. The topological polar surface area (TPSA) is 34.0 Å². The van der Waals surface area contributed by atoms with Crippen LogP contribution in [-0.4, -0.2) is 6.61 Å². The first-order chi connectivity index (χ1) is 12.0. The first-order valence-corrected chi connectivity index (χ1v) is 8.31. The van der Waals surface area contributed by atoms with Gasteiger partial charge in [-0.2, -0.15) is 9.50 Å². The third kappa shape index (κ3) is 5.31. The van der Waals surface area contributed by atoms with Gasteiger partial charge >= 0.3 is 0 Å². The van der Waals surface area contributed by atoms with Crippen LogP contribution >= 0.6 is 0 Å². The first kappa shape index (κ1) is 19.0. The lowest BCUT2D eigenvalue weighted by Gasteiger charge is -2.09. The Morgan fingerprint density at radius 1 is 0.920 bits per heavy atom. The van der Waals surface area contributed by atoms with Crippen molar-refractivity contribution in [1.29, 1.82) is 0 Å². The summed E-state index contributed by atoms with van der Waals surface area (Å²) in [6, 6.07) is 7.76. The smallest absolute Gasteiger partial charge is 0.206 e. The van der Waals surface area contributed by atoms with E-state index < -0.39 is 28.9 Å². The Morgan fingerprint density at radius 2 is 1.64 bits per heavy atom. The van der Waals surface area contributed by atoms with Crippen molar-refractivity contribution >= 4 is 11.4 Å². The van der Waals surface area contributed by atoms with Crippen LogP contribution in [0.3, 0.4) is 0 Å². The van der Waals surface area contributed by atoms with Gasteiger partial charge in [0.2, 0.25) is 5.82 Å². The Hall–Kier alpha value is -2.37. The fourth-order valence-corrected chi connectivity index (χ4v) is 2.20. The lowest BCUT2D eigenvalue weighted by atomic mass is 10.2. The predicted molar refractivity (Wildman–Crippen MR) is 91.3 cm³/mol. The molecule has 0 aliphatic carbocycles. The zero-order valence-corrected chi connectivity index (χ0v) is 14.4. The third-order valence-corrected chi connectivity index (χ3v) is 3.65. The summed E-state index contributed by atoms with van der Waals surface area (Å²) in [7, 11) is 0. The van der Waals surface area contributed by atoms with E-state index in [1.165, 1.54) is 0 Å². The fraction of sp³-hybridized carbons (Fsp3) is 0.368. The van der Waals surface area contributed by atoms with Crippen LogP contribution in [0, 0.1) is 24.4 Å². The Bertz CT molecular complexity index is 730. The van der Waals surface area contributed by atoms with Gasteiger partial charge in [0.05, 0.1) is 12.3 Å². The SMILES string of the molecule is CCCCCCOc1c(F)cc(N=Nc2ccc(C)cc2)c(F)c1F. The van der Waals surface area contributed by atoms with Crippen molar-refractivity contribution in [2.75, 3.05) is 6.61 Å². The van der Waals surface area contributed by atoms with Gasteiger partial charge in [0.1, 0.15) is 5.69 Å². The molecule has 0 aliphatic rings. The van der Waals surface area contributed by atoms with Crippen molar-refractivity contribution in [3.8, 4) is 5.75 Å². The molecule has 0 heterocycles. The molecule has 0 bridgehead atoms. The summed E-state index contributed by atoms with van der Waals surface area (Å²) in [5.74, 6) is -4.36. The summed E-state index contributed by atoms with van der Waals surface area (Å²) in [5, 5.41) is 7.40. The molecule has 0 atom stereocenters. The molecule has 0 spiro atoms. The molecule has 0 aromatic heterocycles. The number of ether oxygens (including phenoxy) is 1. The molecule has 0 unspecified atom stereocenters. The van der Waals surface area contributed by atoms with E-state index in [-0.39, 0.29) is 6.61 Å². The average molecular weight is 350 g/mol. The molecular formula is C19H21F3N2O. The van der Waals surface area contributed by atoms with E-state index in [0.717, 1.165) is 30.9 Å². The van der Waals surface area contributed by atoms with Crippen molar-refractivity contribution < 1.29 is 17.9 Å². The van der Waals surface area contributed by atoms with E-state index in [0.29, 0.717) is 12.1 Å². The predicted octanol–water partition coefficient (Wildman–Crippen LogP) is 6.79. The highest BCUT2D eigenvalue weighted by molar-refractivity contribution is 5.46. The molecule has 0 N–H and O–H groups in total. The number of benzene rings is 2. The van der Waals surface area contributed by atoms with Crippen LogP contribution in [-0.2, 0) is 0 Å². The lowest BCUT2D eigenvalue weighted by Crippen LogP contribution is -2.03. The Balaban J connectivity index is 2.12. The number of hydrogen-bond acceptors (Lipinski definition) is 3. The van der Waals surface area contributed by atoms with E-state index in [4.69, 9.17) is 4.74 Å². The van der Waals surface area contributed by atoms with E-state index >= 15 is 0 Å². The molecule has 2 aromatic carbocycles. The van der Waals surface area contributed by atoms with Gasteiger partial charge in [-0.1, -0.05) is 43.9 Å². The summed E-state index contributed by atoms with van der Waals surface area (Å²) in [6.45, 7) is 4.10. The van der Waals surface area contributed by atoms with Crippen LogP contribution in [0.5, 0.6) is 5.75 Å². The number of hydrogen-bond donors (Lipinski definition) is 0. The van der Waals surface area contributed by atoms with Crippen molar-refractivity contribution in [2.24, 2.45) is 10.2 Å². The molecule has 0 fully saturated rings. The fourth-order valence-electron chi connectivity index (χ4n) is 2.20. The molecule has 134 valence electrons. The Morgan fingerprint density at radius 3 is 2.32 bits per heavy atom. The molecule has 2 aromatic rings. The maximum atomic E-state index is 14.1. The molecular weight excluding hydrogens is 329 g/mol. The molecule has 0 saturated heterocycles. The van der Waals surface area contributed by atoms with E-state index in [1.54, 1.807) is 24.3 Å². The molecule has 0 radical (unpaired) electrons. The number of halogens is 3. The molecule has 25 heavy (non-hydrogen) atoms. The third-order valence-electron chi connectivity index (χ3n) is 3.65. The second-order valence-corrected chi connectivity index (χ2v) is 5.78. The summed E-state index contributed by atoms with van der Waals surface area (Å²) >= 11 is 0. The van der Waals surface area contributed by atoms with E-state index in [9.17, 15) is 13.2 Å². The van der Waals surface area contributed by atoms with Crippen LogP contribution in [0.1, 0.15) is 38.2 Å². The largest absolute Gasteiger partial charge is 0.488 e. The maximum absolute atomic E-state index is 14.1. The minimum atomic E-state index is -1.38. The van der Waals surface area contributed by atoms with Crippen LogP contribution < -0.4 is 4.74 Å². The van der Waals surface area contributed by atoms with Crippen LogP contribution in [0.25, 0.3) is 0 Å². The quantitative estimate of drug-likeness (QED) is 0.293. The molecule has 3 nitrogen and oxygen atoms in total. The zero-order chi connectivity index (χ0) is 18.2. The maximum Gasteiger partial charge on any atom is 0.206 e. The molecule has 2 rings (SSSR count). The highest BCUT2D eigenvalue weighted by Crippen LogP contribution is 2.32. The minimum absolute atomic E-state index is 0.136. The second-order valence-electron chi connectivity index (χ2n) is 5.78. The van der Waals surface area contributed by atoms with Gasteiger partial charge in [-0.3, -0.25) is 0 Å².